The molecule has 264 valence electrons. The van der Waals surface area contributed by atoms with Crippen LogP contribution in [0.1, 0.15) is 126 Å². The molecule has 48 heavy (non-hydrogen) atoms. The number of esters is 2. The van der Waals surface area contributed by atoms with Gasteiger partial charge in [-0.15, -0.1) is 6.58 Å². The zero-order valence-corrected chi connectivity index (χ0v) is 30.7. The molecular weight excluding hydrogens is 596 g/mol. The number of fused-ring (bicyclic) bond motifs is 4. The summed E-state index contributed by atoms with van der Waals surface area (Å²) < 4.78 is 17.7. The summed E-state index contributed by atoms with van der Waals surface area (Å²) in [7, 11) is 0. The van der Waals surface area contributed by atoms with E-state index in [0.717, 1.165) is 29.6 Å². The summed E-state index contributed by atoms with van der Waals surface area (Å²) in [5.74, 6) is 5.12. The highest BCUT2D eigenvalue weighted by Gasteiger charge is 2.77. The number of ether oxygens (including phenoxy) is 3. The van der Waals surface area contributed by atoms with Gasteiger partial charge in [0, 0.05) is 5.41 Å². The first kappa shape index (κ1) is 35.4. The molecule has 5 fully saturated rings. The highest BCUT2D eigenvalue weighted by atomic mass is 16.6. The maximum atomic E-state index is 12.9. The Morgan fingerprint density at radius 2 is 1.58 bits per heavy atom. The van der Waals surface area contributed by atoms with Gasteiger partial charge >= 0.3 is 11.9 Å². The van der Waals surface area contributed by atoms with Crippen LogP contribution in [0, 0.1) is 63.6 Å². The SMILES string of the molecule is C=CCCOC(=O)c1ccc(C(=O)OCCO[C@@H]2C[C@H]3[C@@H]4CC[C@H]([C@H](C)/C=C/[C@@H](CC)C(C)C)[C@@]4(C)CC[C@@H]3[C@@]3(C)CC[C@@H]4C[C@]423)cc1. The van der Waals surface area contributed by atoms with E-state index in [9.17, 15) is 9.59 Å². The zero-order chi connectivity index (χ0) is 34.3. The molecule has 6 rings (SSSR count). The number of rotatable bonds is 14. The molecule has 0 aliphatic heterocycles. The third-order valence-electron chi connectivity index (χ3n) is 14.8. The second kappa shape index (κ2) is 14.1. The Morgan fingerprint density at radius 3 is 2.21 bits per heavy atom. The van der Waals surface area contributed by atoms with Gasteiger partial charge in [-0.05, 0) is 147 Å². The van der Waals surface area contributed by atoms with Gasteiger partial charge in [-0.2, -0.15) is 0 Å². The molecular formula is C43H62O5. The third-order valence-corrected chi connectivity index (χ3v) is 14.8. The Hall–Kier alpha value is -2.40. The molecule has 5 aliphatic rings. The first-order valence-corrected chi connectivity index (χ1v) is 19.3. The number of hydrogen-bond acceptors (Lipinski definition) is 5. The maximum absolute atomic E-state index is 12.9. The number of carbonyl (C=O) groups is 2. The summed E-state index contributed by atoms with van der Waals surface area (Å²) in [6.45, 7) is 19.5. The van der Waals surface area contributed by atoms with Gasteiger partial charge in [0.05, 0.1) is 30.4 Å². The fourth-order valence-corrected chi connectivity index (χ4v) is 12.1. The van der Waals surface area contributed by atoms with Gasteiger partial charge in [-0.25, -0.2) is 9.59 Å². The largest absolute Gasteiger partial charge is 0.462 e. The van der Waals surface area contributed by atoms with Gasteiger partial charge in [-0.3, -0.25) is 0 Å². The lowest BCUT2D eigenvalue weighted by Gasteiger charge is -2.61. The van der Waals surface area contributed by atoms with Crippen LogP contribution < -0.4 is 0 Å². The number of benzene rings is 1. The minimum atomic E-state index is -0.402. The molecule has 0 N–H and O–H groups in total. The number of hydrogen-bond donors (Lipinski definition) is 0. The minimum Gasteiger partial charge on any atom is -0.462 e. The second-order valence-electron chi connectivity index (χ2n) is 17.1. The van der Waals surface area contributed by atoms with E-state index in [-0.39, 0.29) is 18.7 Å². The average Bonchev–Trinajstić information content (AvgIpc) is 3.58. The Labute approximate surface area is 290 Å². The fourth-order valence-electron chi connectivity index (χ4n) is 12.1. The molecule has 5 nitrogen and oxygen atoms in total. The molecule has 0 bridgehead atoms. The van der Waals surface area contributed by atoms with Crippen molar-refractivity contribution < 1.29 is 23.8 Å². The van der Waals surface area contributed by atoms with Gasteiger partial charge in [0.2, 0.25) is 0 Å². The monoisotopic (exact) mass is 658 g/mol. The minimum absolute atomic E-state index is 0.244. The molecule has 0 heterocycles. The van der Waals surface area contributed by atoms with Gasteiger partial charge in [0.1, 0.15) is 6.61 Å². The quantitative estimate of drug-likeness (QED) is 0.113. The molecule has 0 radical (unpaired) electrons. The molecule has 5 heteroatoms. The van der Waals surface area contributed by atoms with Gasteiger partial charge < -0.3 is 14.2 Å². The van der Waals surface area contributed by atoms with Crippen LogP contribution in [0.3, 0.4) is 0 Å². The van der Waals surface area contributed by atoms with Crippen LogP contribution in [0.15, 0.2) is 49.1 Å². The van der Waals surface area contributed by atoms with E-state index in [1.165, 1.54) is 57.8 Å². The summed E-state index contributed by atoms with van der Waals surface area (Å²) in [4.78, 5) is 25.0. The van der Waals surface area contributed by atoms with Crippen molar-refractivity contribution in [2.75, 3.05) is 19.8 Å². The zero-order valence-electron chi connectivity index (χ0n) is 30.7. The van der Waals surface area contributed by atoms with Crippen molar-refractivity contribution in [2.45, 2.75) is 112 Å². The highest BCUT2D eigenvalue weighted by Crippen LogP contribution is 2.82. The van der Waals surface area contributed by atoms with Crippen LogP contribution in [0.2, 0.25) is 0 Å². The molecule has 0 saturated heterocycles. The van der Waals surface area contributed by atoms with Crippen LogP contribution in [0.5, 0.6) is 0 Å². The van der Waals surface area contributed by atoms with E-state index in [1.54, 1.807) is 30.3 Å². The van der Waals surface area contributed by atoms with Crippen LogP contribution in [0.25, 0.3) is 0 Å². The van der Waals surface area contributed by atoms with Crippen molar-refractivity contribution in [3.63, 3.8) is 0 Å². The fraction of sp³-hybridized carbons (Fsp3) is 0.721. The molecule has 0 amide bonds. The summed E-state index contributed by atoms with van der Waals surface area (Å²) in [6.07, 6.45) is 19.6. The van der Waals surface area contributed by atoms with Crippen LogP contribution >= 0.6 is 0 Å². The third kappa shape index (κ3) is 6.13. The van der Waals surface area contributed by atoms with Gasteiger partial charge in [0.25, 0.3) is 0 Å². The molecule has 1 aromatic carbocycles. The molecule has 5 aliphatic carbocycles. The first-order valence-electron chi connectivity index (χ1n) is 19.3. The molecule has 0 aromatic heterocycles. The predicted molar refractivity (Wildman–Crippen MR) is 192 cm³/mol. The smallest absolute Gasteiger partial charge is 0.338 e. The molecule has 11 atom stereocenters. The van der Waals surface area contributed by atoms with Gasteiger partial charge in [0.15, 0.2) is 0 Å². The Balaban J connectivity index is 1.08. The Bertz CT molecular complexity index is 1350. The second-order valence-corrected chi connectivity index (χ2v) is 17.1. The van der Waals surface area contributed by atoms with E-state index in [2.05, 4.69) is 60.3 Å². The Kier molecular flexibility index (Phi) is 10.4. The lowest BCUT2D eigenvalue weighted by molar-refractivity contribution is -0.170. The lowest BCUT2D eigenvalue weighted by Crippen LogP contribution is -2.57. The normalized spacial score (nSPS) is 37.6. The van der Waals surface area contributed by atoms with Crippen LogP contribution in [0.4, 0.5) is 0 Å². The average molecular weight is 659 g/mol. The van der Waals surface area contributed by atoms with Crippen molar-refractivity contribution in [1.29, 1.82) is 0 Å². The summed E-state index contributed by atoms with van der Waals surface area (Å²) in [5, 5.41) is 0. The number of allylic oxidation sites excluding steroid dienone is 2. The topological polar surface area (TPSA) is 61.8 Å². The van der Waals surface area contributed by atoms with E-state index >= 15 is 0 Å². The lowest BCUT2D eigenvalue weighted by atomic mass is 9.45. The number of carbonyl (C=O) groups excluding carboxylic acids is 2. The van der Waals surface area contributed by atoms with Gasteiger partial charge in [-0.1, -0.05) is 59.8 Å². The summed E-state index contributed by atoms with van der Waals surface area (Å²) in [5.41, 5.74) is 1.94. The molecule has 5 saturated carbocycles. The van der Waals surface area contributed by atoms with Crippen molar-refractivity contribution in [1.82, 2.24) is 0 Å². The Morgan fingerprint density at radius 1 is 0.896 bits per heavy atom. The van der Waals surface area contributed by atoms with E-state index in [1.807, 2.05) is 0 Å². The molecule has 1 spiro atoms. The molecule has 0 unspecified atom stereocenters. The van der Waals surface area contributed by atoms with Crippen LogP contribution in [-0.2, 0) is 14.2 Å². The van der Waals surface area contributed by atoms with Crippen molar-refractivity contribution >= 4 is 11.9 Å². The highest BCUT2D eigenvalue weighted by molar-refractivity contribution is 5.93. The van der Waals surface area contributed by atoms with Crippen molar-refractivity contribution in [3.05, 3.63) is 60.2 Å². The molecule has 1 aromatic rings. The first-order chi connectivity index (χ1) is 23.0. The van der Waals surface area contributed by atoms with E-state index < -0.39 is 5.97 Å². The summed E-state index contributed by atoms with van der Waals surface area (Å²) in [6, 6.07) is 6.49. The summed E-state index contributed by atoms with van der Waals surface area (Å²) >= 11 is 0. The standard InChI is InChI=1S/C43H62O5/c1-8-10-23-47-39(44)31-13-15-32(16-14-31)40(45)48-25-24-46-38-26-34-36-18-17-35(29(5)11-12-30(9-2)28(3)4)41(36,6)21-20-37(34)42(7)22-19-33-27-43(33,38)42/h8,11-16,28-30,33-38H,1,9-10,17-27H2,2-7H3/b12-11+/t29-,30-,33-,34+,35-,36+,37+,38-,41-,42-,43+/m1/s1. The van der Waals surface area contributed by atoms with Crippen LogP contribution in [-0.4, -0.2) is 37.9 Å². The van der Waals surface area contributed by atoms with E-state index in [0.29, 0.717) is 64.8 Å². The van der Waals surface area contributed by atoms with Crippen molar-refractivity contribution in [3.8, 4) is 0 Å². The predicted octanol–water partition coefficient (Wildman–Crippen LogP) is 10.1. The van der Waals surface area contributed by atoms with Crippen molar-refractivity contribution in [2.24, 2.45) is 63.6 Å². The maximum Gasteiger partial charge on any atom is 0.338 e. The van der Waals surface area contributed by atoms with E-state index in [4.69, 9.17) is 14.2 Å².